The van der Waals surface area contributed by atoms with Gasteiger partial charge in [0.1, 0.15) is 11.4 Å². The minimum absolute atomic E-state index is 0.0495. The highest BCUT2D eigenvalue weighted by atomic mass is 16.6. The summed E-state index contributed by atoms with van der Waals surface area (Å²) in [6.07, 6.45) is 3.21. The molecule has 3 nitrogen and oxygen atoms in total. The fourth-order valence-electron chi connectivity index (χ4n) is 2.83. The number of hydrogen-bond donors (Lipinski definition) is 1. The summed E-state index contributed by atoms with van der Waals surface area (Å²) >= 11 is 0. The van der Waals surface area contributed by atoms with Crippen LogP contribution in [0, 0.1) is 0 Å². The molecule has 19 heavy (non-hydrogen) atoms. The lowest BCUT2D eigenvalue weighted by Crippen LogP contribution is -2.42. The van der Waals surface area contributed by atoms with Gasteiger partial charge in [0, 0.05) is 12.3 Å². The van der Waals surface area contributed by atoms with Crippen LogP contribution in [0.3, 0.4) is 0 Å². The van der Waals surface area contributed by atoms with Gasteiger partial charge in [-0.05, 0) is 12.0 Å². The zero-order chi connectivity index (χ0) is 13.9. The molecule has 2 atom stereocenters. The molecule has 1 heterocycles. The molecule has 2 rings (SSSR count). The average Bonchev–Trinajstić information content (AvgIpc) is 2.38. The van der Waals surface area contributed by atoms with Crippen molar-refractivity contribution in [3.05, 3.63) is 47.7 Å². The second-order valence-electron chi connectivity index (χ2n) is 5.18. The number of ether oxygens (including phenoxy) is 1. The molecule has 0 radical (unpaired) electrons. The Labute approximate surface area is 113 Å². The molecule has 102 valence electrons. The van der Waals surface area contributed by atoms with E-state index in [0.717, 1.165) is 18.4 Å². The maximum atomic E-state index is 11.6. The molecule has 1 aromatic carbocycles. The van der Waals surface area contributed by atoms with Crippen LogP contribution in [0.1, 0.15) is 44.6 Å². The molecule has 1 aliphatic rings. The third-order valence-electron chi connectivity index (χ3n) is 3.83. The predicted molar refractivity (Wildman–Crippen MR) is 73.9 cm³/mol. The van der Waals surface area contributed by atoms with E-state index in [9.17, 15) is 9.90 Å². The normalized spacial score (nSPS) is 24.5. The van der Waals surface area contributed by atoms with Gasteiger partial charge in [0.05, 0.1) is 6.08 Å². The van der Waals surface area contributed by atoms with E-state index in [1.807, 2.05) is 30.3 Å². The topological polar surface area (TPSA) is 46.5 Å². The molecule has 0 aromatic heterocycles. The van der Waals surface area contributed by atoms with E-state index in [4.69, 9.17) is 4.74 Å². The van der Waals surface area contributed by atoms with E-state index < -0.39 is 11.6 Å². The summed E-state index contributed by atoms with van der Waals surface area (Å²) in [7, 11) is 0. The van der Waals surface area contributed by atoms with E-state index in [2.05, 4.69) is 13.8 Å². The second kappa shape index (κ2) is 5.47. The van der Waals surface area contributed by atoms with E-state index in [1.165, 1.54) is 6.08 Å². The van der Waals surface area contributed by atoms with E-state index >= 15 is 0 Å². The van der Waals surface area contributed by atoms with Crippen LogP contribution in [-0.2, 0) is 9.53 Å². The van der Waals surface area contributed by atoms with Gasteiger partial charge in [-0.1, -0.05) is 50.6 Å². The molecule has 0 bridgehead atoms. The smallest absolute Gasteiger partial charge is 0.334 e. The van der Waals surface area contributed by atoms with Gasteiger partial charge in [-0.25, -0.2) is 4.79 Å². The molecule has 1 N–H and O–H groups in total. The van der Waals surface area contributed by atoms with Crippen molar-refractivity contribution in [2.45, 2.75) is 44.6 Å². The van der Waals surface area contributed by atoms with Crippen molar-refractivity contribution in [2.24, 2.45) is 0 Å². The molecule has 0 spiro atoms. The number of carbonyl (C=O) groups excluding carboxylic acids is 1. The van der Waals surface area contributed by atoms with Crippen molar-refractivity contribution >= 4 is 5.97 Å². The fourth-order valence-corrected chi connectivity index (χ4v) is 2.83. The first-order valence-electron chi connectivity index (χ1n) is 6.75. The Morgan fingerprint density at radius 2 is 2.05 bits per heavy atom. The highest BCUT2D eigenvalue weighted by Crippen LogP contribution is 2.41. The van der Waals surface area contributed by atoms with Crippen molar-refractivity contribution < 1.29 is 14.6 Å². The first kappa shape index (κ1) is 13.7. The van der Waals surface area contributed by atoms with Gasteiger partial charge < -0.3 is 9.84 Å². The summed E-state index contributed by atoms with van der Waals surface area (Å²) in [4.78, 5) is 11.6. The Balaban J connectivity index is 2.35. The van der Waals surface area contributed by atoms with Crippen molar-refractivity contribution in [1.82, 2.24) is 0 Å². The summed E-state index contributed by atoms with van der Waals surface area (Å²) in [5, 5.41) is 9.80. The van der Waals surface area contributed by atoms with Gasteiger partial charge in [0.2, 0.25) is 0 Å². The first-order valence-corrected chi connectivity index (χ1v) is 6.75. The maximum Gasteiger partial charge on any atom is 0.334 e. The molecule has 0 aliphatic carbocycles. The monoisotopic (exact) mass is 260 g/mol. The summed E-state index contributed by atoms with van der Waals surface area (Å²) in [6, 6.07) is 9.99. The van der Waals surface area contributed by atoms with E-state index in [-0.39, 0.29) is 11.7 Å². The number of cyclic esters (lactones) is 1. The zero-order valence-corrected chi connectivity index (χ0v) is 11.4. The Bertz CT molecular complexity index is 478. The van der Waals surface area contributed by atoms with Crippen LogP contribution in [0.25, 0.3) is 0 Å². The van der Waals surface area contributed by atoms with Crippen molar-refractivity contribution in [1.29, 1.82) is 0 Å². The van der Waals surface area contributed by atoms with Crippen LogP contribution >= 0.6 is 0 Å². The Morgan fingerprint density at radius 3 is 2.63 bits per heavy atom. The summed E-state index contributed by atoms with van der Waals surface area (Å²) < 4.78 is 5.63. The third kappa shape index (κ3) is 2.80. The molecular formula is C16H20O3. The average molecular weight is 260 g/mol. The van der Waals surface area contributed by atoms with Crippen LogP contribution in [0.15, 0.2) is 42.2 Å². The Hall–Kier alpha value is -1.77. The largest absolute Gasteiger partial charge is 0.512 e. The summed E-state index contributed by atoms with van der Waals surface area (Å²) in [6.45, 7) is 4.11. The maximum absolute atomic E-state index is 11.6. The van der Waals surface area contributed by atoms with Crippen LogP contribution in [0.2, 0.25) is 0 Å². The highest BCUT2D eigenvalue weighted by Gasteiger charge is 2.43. The number of hydrogen-bond acceptors (Lipinski definition) is 3. The Kier molecular flexibility index (Phi) is 3.93. The number of aliphatic hydroxyl groups is 1. The van der Waals surface area contributed by atoms with Crippen molar-refractivity contribution in [3.63, 3.8) is 0 Å². The van der Waals surface area contributed by atoms with Gasteiger partial charge in [-0.15, -0.1) is 0 Å². The van der Waals surface area contributed by atoms with Gasteiger partial charge in [-0.2, -0.15) is 0 Å². The molecule has 1 aromatic rings. The molecule has 0 fully saturated rings. The third-order valence-corrected chi connectivity index (χ3v) is 3.83. The number of carbonyl (C=O) groups is 1. The van der Waals surface area contributed by atoms with E-state index in [1.54, 1.807) is 0 Å². The summed E-state index contributed by atoms with van der Waals surface area (Å²) in [5.74, 6) is -0.277. The van der Waals surface area contributed by atoms with Gasteiger partial charge in [0.25, 0.3) is 0 Å². The van der Waals surface area contributed by atoms with Gasteiger partial charge in [0.15, 0.2) is 0 Å². The molecule has 3 heteroatoms. The van der Waals surface area contributed by atoms with Crippen LogP contribution in [0.4, 0.5) is 0 Å². The predicted octanol–water partition coefficient (Wildman–Crippen LogP) is 3.72. The minimum atomic E-state index is -0.633. The van der Waals surface area contributed by atoms with E-state index in [0.29, 0.717) is 6.42 Å². The first-order chi connectivity index (χ1) is 9.07. The van der Waals surface area contributed by atoms with Crippen LogP contribution in [-0.4, -0.2) is 16.7 Å². The van der Waals surface area contributed by atoms with Gasteiger partial charge >= 0.3 is 5.97 Å². The number of aliphatic hydroxyl groups excluding tert-OH is 1. The molecule has 1 aliphatic heterocycles. The number of esters is 1. The number of benzene rings is 1. The molecule has 0 amide bonds. The molecule has 0 saturated carbocycles. The van der Waals surface area contributed by atoms with Crippen molar-refractivity contribution in [2.75, 3.05) is 0 Å². The van der Waals surface area contributed by atoms with Crippen molar-refractivity contribution in [3.8, 4) is 0 Å². The Morgan fingerprint density at radius 1 is 1.37 bits per heavy atom. The highest BCUT2D eigenvalue weighted by molar-refractivity contribution is 5.84. The second-order valence-corrected chi connectivity index (χ2v) is 5.18. The zero-order valence-electron chi connectivity index (χ0n) is 11.4. The van der Waals surface area contributed by atoms with Crippen LogP contribution in [0.5, 0.6) is 0 Å². The molecular weight excluding hydrogens is 240 g/mol. The SMILES string of the molecule is CCC[C@]1(C(C)c2ccccc2)CC(O)=CC(=O)O1. The van der Waals surface area contributed by atoms with Gasteiger partial charge in [-0.3, -0.25) is 0 Å². The lowest BCUT2D eigenvalue weighted by atomic mass is 9.76. The fraction of sp³-hybridized carbons (Fsp3) is 0.438. The van der Waals surface area contributed by atoms with Crippen LogP contribution < -0.4 is 0 Å². The molecule has 1 unspecified atom stereocenters. The summed E-state index contributed by atoms with van der Waals surface area (Å²) in [5.41, 5.74) is 0.491. The standard InChI is InChI=1S/C16H20O3/c1-3-9-16(11-14(17)10-15(18)19-16)12(2)13-7-5-4-6-8-13/h4-8,10,12,17H,3,9,11H2,1-2H3/t12?,16-/m1/s1. The lowest BCUT2D eigenvalue weighted by molar-refractivity contribution is -0.160. The molecule has 0 saturated heterocycles. The quantitative estimate of drug-likeness (QED) is 0.839. The minimum Gasteiger partial charge on any atom is -0.512 e. The lowest BCUT2D eigenvalue weighted by Gasteiger charge is -2.40. The number of rotatable bonds is 4.